The zero-order chi connectivity index (χ0) is 22.8. The number of rotatable bonds is 4. The maximum absolute atomic E-state index is 12.5. The zero-order valence-electron chi connectivity index (χ0n) is 17.5. The van der Waals surface area contributed by atoms with Crippen LogP contribution in [0.5, 0.6) is 0 Å². The fraction of sp³-hybridized carbons (Fsp3) is 0.0417. The predicted octanol–water partition coefficient (Wildman–Crippen LogP) is 5.46. The average molecular weight is 456 g/mol. The molecule has 2 aromatic carbocycles. The smallest absolute Gasteiger partial charge is 0.308 e. The number of nitrogens with zero attached hydrogens (tertiary/aromatic N) is 5. The Balaban J connectivity index is 1.39. The third kappa shape index (κ3) is 4.37. The summed E-state index contributed by atoms with van der Waals surface area (Å²) in [5.74, 6) is 0.602. The second-order valence-electron chi connectivity index (χ2n) is 7.38. The highest BCUT2D eigenvalue weighted by molar-refractivity contribution is 6.31. The molecule has 2 amide bonds. The Morgan fingerprint density at radius 2 is 1.73 bits per heavy atom. The van der Waals surface area contributed by atoms with Gasteiger partial charge in [0.05, 0.1) is 5.69 Å². The fourth-order valence-corrected chi connectivity index (χ4v) is 3.52. The number of anilines is 2. The van der Waals surface area contributed by atoms with Gasteiger partial charge in [-0.3, -0.25) is 4.98 Å². The highest BCUT2D eigenvalue weighted by Crippen LogP contribution is 2.24. The van der Waals surface area contributed by atoms with Crippen LogP contribution in [0.2, 0.25) is 5.02 Å². The minimum atomic E-state index is -0.367. The standard InChI is InChI=1S/C24H18ClN7O/c1-15-7-8-19(13-20(15)25)28-24(33)27-18-6-2-4-16(12-18)21-9-10-22-29-30-23(32(22)31-21)17-5-3-11-26-14-17/h2-14H,1H3,(H2,27,28,33). The van der Waals surface area contributed by atoms with E-state index in [0.29, 0.717) is 33.6 Å². The lowest BCUT2D eigenvalue weighted by molar-refractivity contribution is 0.262. The number of hydrogen-bond acceptors (Lipinski definition) is 5. The van der Waals surface area contributed by atoms with Crippen LogP contribution in [0.4, 0.5) is 16.2 Å². The second kappa shape index (κ2) is 8.68. The van der Waals surface area contributed by atoms with Crippen molar-refractivity contribution in [3.63, 3.8) is 0 Å². The predicted molar refractivity (Wildman–Crippen MR) is 128 cm³/mol. The van der Waals surface area contributed by atoms with Crippen molar-refractivity contribution in [2.24, 2.45) is 0 Å². The molecule has 0 atom stereocenters. The fourth-order valence-electron chi connectivity index (χ4n) is 3.34. The zero-order valence-corrected chi connectivity index (χ0v) is 18.3. The number of aryl methyl sites for hydroxylation is 1. The van der Waals surface area contributed by atoms with Crippen molar-refractivity contribution in [2.45, 2.75) is 6.92 Å². The summed E-state index contributed by atoms with van der Waals surface area (Å²) >= 11 is 6.14. The van der Waals surface area contributed by atoms with Crippen molar-refractivity contribution >= 4 is 34.7 Å². The molecule has 0 bridgehead atoms. The lowest BCUT2D eigenvalue weighted by atomic mass is 10.1. The van der Waals surface area contributed by atoms with Gasteiger partial charge in [-0.2, -0.15) is 9.61 Å². The van der Waals surface area contributed by atoms with Gasteiger partial charge in [-0.1, -0.05) is 29.8 Å². The molecule has 0 unspecified atom stereocenters. The summed E-state index contributed by atoms with van der Waals surface area (Å²) in [4.78, 5) is 16.6. The highest BCUT2D eigenvalue weighted by atomic mass is 35.5. The lowest BCUT2D eigenvalue weighted by Crippen LogP contribution is -2.19. The third-order valence-corrected chi connectivity index (χ3v) is 5.44. The topological polar surface area (TPSA) is 97.1 Å². The summed E-state index contributed by atoms with van der Waals surface area (Å²) in [6, 6.07) is 19.9. The number of nitrogens with one attached hydrogen (secondary N) is 2. The largest absolute Gasteiger partial charge is 0.323 e. The number of fused-ring (bicyclic) bond motifs is 1. The maximum Gasteiger partial charge on any atom is 0.323 e. The number of halogens is 1. The molecule has 0 saturated heterocycles. The molecule has 33 heavy (non-hydrogen) atoms. The molecule has 0 saturated carbocycles. The molecule has 9 heteroatoms. The number of urea groups is 1. The van der Waals surface area contributed by atoms with Crippen LogP contribution in [0, 0.1) is 6.92 Å². The van der Waals surface area contributed by atoms with E-state index in [-0.39, 0.29) is 6.03 Å². The molecule has 8 nitrogen and oxygen atoms in total. The van der Waals surface area contributed by atoms with Crippen molar-refractivity contribution < 1.29 is 4.79 Å². The molecule has 0 aliphatic heterocycles. The molecule has 0 fully saturated rings. The second-order valence-corrected chi connectivity index (χ2v) is 7.78. The van der Waals surface area contributed by atoms with E-state index < -0.39 is 0 Å². The monoisotopic (exact) mass is 455 g/mol. The average Bonchev–Trinajstić information content (AvgIpc) is 3.25. The van der Waals surface area contributed by atoms with Crippen LogP contribution in [0.15, 0.2) is 79.1 Å². The molecule has 5 aromatic rings. The summed E-state index contributed by atoms with van der Waals surface area (Å²) in [7, 11) is 0. The van der Waals surface area contributed by atoms with Gasteiger partial charge in [0.2, 0.25) is 0 Å². The van der Waals surface area contributed by atoms with Crippen LogP contribution in [0.25, 0.3) is 28.3 Å². The Kier molecular flexibility index (Phi) is 5.42. The van der Waals surface area contributed by atoms with Gasteiger partial charge in [0.15, 0.2) is 11.5 Å². The quantitative estimate of drug-likeness (QED) is 0.375. The van der Waals surface area contributed by atoms with E-state index in [0.717, 1.165) is 16.7 Å². The van der Waals surface area contributed by atoms with Crippen molar-refractivity contribution in [1.82, 2.24) is 24.8 Å². The van der Waals surface area contributed by atoms with Crippen molar-refractivity contribution in [3.8, 4) is 22.6 Å². The maximum atomic E-state index is 12.5. The molecule has 3 heterocycles. The van der Waals surface area contributed by atoms with Gasteiger partial charge in [-0.05, 0) is 61.0 Å². The van der Waals surface area contributed by atoms with Gasteiger partial charge in [0, 0.05) is 39.9 Å². The van der Waals surface area contributed by atoms with Crippen LogP contribution >= 0.6 is 11.6 Å². The van der Waals surface area contributed by atoms with Gasteiger partial charge in [0.1, 0.15) is 0 Å². The Morgan fingerprint density at radius 1 is 0.909 bits per heavy atom. The van der Waals surface area contributed by atoms with Crippen molar-refractivity contribution in [3.05, 3.63) is 89.7 Å². The number of amides is 2. The molecule has 3 aromatic heterocycles. The first-order valence-electron chi connectivity index (χ1n) is 10.1. The Bertz CT molecular complexity index is 1470. The summed E-state index contributed by atoms with van der Waals surface area (Å²) < 4.78 is 1.68. The van der Waals surface area contributed by atoms with E-state index in [9.17, 15) is 4.79 Å². The van der Waals surface area contributed by atoms with Crippen LogP contribution in [0.1, 0.15) is 5.56 Å². The number of pyridine rings is 1. The Morgan fingerprint density at radius 3 is 2.52 bits per heavy atom. The molecule has 0 radical (unpaired) electrons. The first-order chi connectivity index (χ1) is 16.1. The molecule has 5 rings (SSSR count). The molecular weight excluding hydrogens is 438 g/mol. The van der Waals surface area contributed by atoms with Gasteiger partial charge >= 0.3 is 6.03 Å². The minimum Gasteiger partial charge on any atom is -0.308 e. The summed E-state index contributed by atoms with van der Waals surface area (Å²) in [5, 5.41) is 19.4. The third-order valence-electron chi connectivity index (χ3n) is 5.03. The van der Waals surface area contributed by atoms with E-state index in [1.54, 1.807) is 29.0 Å². The number of hydrogen-bond donors (Lipinski definition) is 2. The van der Waals surface area contributed by atoms with Crippen LogP contribution in [0.3, 0.4) is 0 Å². The first-order valence-corrected chi connectivity index (χ1v) is 10.5. The van der Waals surface area contributed by atoms with E-state index in [1.807, 2.05) is 61.5 Å². The molecule has 162 valence electrons. The number of aromatic nitrogens is 5. The Hall–Kier alpha value is -4.30. The number of carbonyl (C=O) groups excluding carboxylic acids is 1. The van der Waals surface area contributed by atoms with Gasteiger partial charge in [0.25, 0.3) is 0 Å². The van der Waals surface area contributed by atoms with E-state index in [4.69, 9.17) is 16.7 Å². The highest BCUT2D eigenvalue weighted by Gasteiger charge is 2.12. The summed E-state index contributed by atoms with van der Waals surface area (Å²) in [6.45, 7) is 1.91. The van der Waals surface area contributed by atoms with Gasteiger partial charge in [-0.25, -0.2) is 4.79 Å². The Labute approximate surface area is 194 Å². The van der Waals surface area contributed by atoms with E-state index >= 15 is 0 Å². The van der Waals surface area contributed by atoms with E-state index in [1.165, 1.54) is 0 Å². The lowest BCUT2D eigenvalue weighted by Gasteiger charge is -2.10. The number of benzene rings is 2. The van der Waals surface area contributed by atoms with Gasteiger partial charge in [-0.15, -0.1) is 10.2 Å². The SMILES string of the molecule is Cc1ccc(NC(=O)Nc2cccc(-c3ccc4nnc(-c5cccnc5)n4n3)c2)cc1Cl. The van der Waals surface area contributed by atoms with Gasteiger partial charge < -0.3 is 10.6 Å². The van der Waals surface area contributed by atoms with Crippen LogP contribution in [-0.4, -0.2) is 30.8 Å². The molecule has 0 aliphatic carbocycles. The number of carbonyl (C=O) groups is 1. The molecule has 0 spiro atoms. The van der Waals surface area contributed by atoms with Crippen LogP contribution < -0.4 is 10.6 Å². The first kappa shape index (κ1) is 20.6. The van der Waals surface area contributed by atoms with E-state index in [2.05, 4.69) is 25.8 Å². The summed E-state index contributed by atoms with van der Waals surface area (Å²) in [5.41, 5.74) is 5.17. The minimum absolute atomic E-state index is 0.367. The molecule has 2 N–H and O–H groups in total. The molecule has 0 aliphatic rings. The summed E-state index contributed by atoms with van der Waals surface area (Å²) in [6.07, 6.45) is 3.42. The normalized spacial score (nSPS) is 10.8. The van der Waals surface area contributed by atoms with Crippen molar-refractivity contribution in [2.75, 3.05) is 10.6 Å². The molecular formula is C24H18ClN7O. The van der Waals surface area contributed by atoms with Crippen molar-refractivity contribution in [1.29, 1.82) is 0 Å². The van der Waals surface area contributed by atoms with Crippen LogP contribution in [-0.2, 0) is 0 Å².